The number of allylic oxidation sites excluding steroid dienone is 1. The summed E-state index contributed by atoms with van der Waals surface area (Å²) >= 11 is 6.55. The molecule has 4 heterocycles. The van der Waals surface area contributed by atoms with Crippen LogP contribution in [0.4, 0.5) is 5.69 Å². The molecule has 13 heteroatoms. The van der Waals surface area contributed by atoms with Crippen LogP contribution in [0.1, 0.15) is 87.2 Å². The zero-order chi connectivity index (χ0) is 40.5. The maximum atomic E-state index is 13.7. The van der Waals surface area contributed by atoms with E-state index < -0.39 is 26.8 Å². The minimum absolute atomic E-state index is 0.0408. The van der Waals surface area contributed by atoms with Crippen molar-refractivity contribution in [1.82, 2.24) is 19.4 Å². The Balaban J connectivity index is 1.25. The molecule has 7 rings (SSSR count). The maximum Gasteiger partial charge on any atom is 0.264 e. The number of carbonyl (C=O) groups is 2. The highest BCUT2D eigenvalue weighted by atomic mass is 35.5. The van der Waals surface area contributed by atoms with E-state index in [1.54, 1.807) is 19.9 Å². The van der Waals surface area contributed by atoms with Gasteiger partial charge in [0, 0.05) is 95.5 Å². The topological polar surface area (TPSA) is 112 Å². The van der Waals surface area contributed by atoms with Gasteiger partial charge < -0.3 is 19.3 Å². The summed E-state index contributed by atoms with van der Waals surface area (Å²) in [5, 5.41) is -0.0805. The molecule has 2 bridgehead atoms. The summed E-state index contributed by atoms with van der Waals surface area (Å²) in [6.45, 7) is 15.2. The third kappa shape index (κ3) is 9.05. The molecule has 1 N–H and O–H groups in total. The lowest BCUT2D eigenvalue weighted by molar-refractivity contribution is -0.134. The molecule has 2 aromatic rings. The number of piperazine rings is 2. The highest BCUT2D eigenvalue weighted by molar-refractivity contribution is 7.90. The minimum atomic E-state index is -3.99. The van der Waals surface area contributed by atoms with Crippen molar-refractivity contribution in [3.63, 3.8) is 0 Å². The van der Waals surface area contributed by atoms with Crippen LogP contribution < -0.4 is 14.4 Å². The third-order valence-electron chi connectivity index (χ3n) is 13.8. The van der Waals surface area contributed by atoms with Crippen molar-refractivity contribution >= 4 is 39.1 Å². The van der Waals surface area contributed by atoms with Crippen LogP contribution in [-0.2, 0) is 26.0 Å². The van der Waals surface area contributed by atoms with Crippen molar-refractivity contribution in [3.05, 3.63) is 70.3 Å². The summed E-state index contributed by atoms with van der Waals surface area (Å²) in [4.78, 5) is 35.4. The molecule has 0 spiro atoms. The predicted octanol–water partition coefficient (Wildman–Crippen LogP) is 5.97. The number of sulfonamides is 1. The molecule has 0 radical (unpaired) electrons. The zero-order valence-electron chi connectivity index (χ0n) is 34.4. The van der Waals surface area contributed by atoms with E-state index in [0.717, 1.165) is 88.6 Å². The number of benzene rings is 2. The van der Waals surface area contributed by atoms with Gasteiger partial charge in [0.15, 0.2) is 0 Å². The number of nitrogens with zero attached hydrogens (tertiary/aromatic N) is 4. The van der Waals surface area contributed by atoms with E-state index >= 15 is 0 Å². The fourth-order valence-electron chi connectivity index (χ4n) is 9.90. The van der Waals surface area contributed by atoms with Crippen molar-refractivity contribution in [2.75, 3.05) is 77.5 Å². The van der Waals surface area contributed by atoms with E-state index in [2.05, 4.69) is 50.6 Å². The number of aryl methyl sites for hydroxylation is 1. The SMILES string of the molecule is CCCCc1cc(Cl)ccc1[C@@H]1COc2ccc3cc2N(C1)C[C@@H]1CC[C@H]1[C@@](CN1CCN2CCN(C(C)=O)C[C@H]2C1)(OC)/C=C/C[C@H](C)[C@@H](C)S(=O)(=O)NC3=O. The number of nitrogens with one attached hydrogen (secondary N) is 1. The number of hydrogen-bond acceptors (Lipinski definition) is 9. The number of carbonyl (C=O) groups excluding carboxylic acids is 2. The van der Waals surface area contributed by atoms with E-state index in [0.29, 0.717) is 31.9 Å². The van der Waals surface area contributed by atoms with E-state index in [-0.39, 0.29) is 41.2 Å². The Kier molecular flexibility index (Phi) is 13.0. The number of amides is 2. The zero-order valence-corrected chi connectivity index (χ0v) is 36.0. The Morgan fingerprint density at radius 3 is 2.58 bits per heavy atom. The molecule has 1 aliphatic carbocycles. The fourth-order valence-corrected chi connectivity index (χ4v) is 11.4. The quantitative estimate of drug-likeness (QED) is 0.338. The lowest BCUT2D eigenvalue weighted by atomic mass is 9.63. The van der Waals surface area contributed by atoms with Crippen LogP contribution in [0.25, 0.3) is 0 Å². The minimum Gasteiger partial charge on any atom is -0.491 e. The number of halogens is 1. The summed E-state index contributed by atoms with van der Waals surface area (Å²) < 4.78 is 43.0. The Labute approximate surface area is 345 Å². The summed E-state index contributed by atoms with van der Waals surface area (Å²) in [5.41, 5.74) is 2.94. The van der Waals surface area contributed by atoms with E-state index in [4.69, 9.17) is 21.1 Å². The molecule has 2 amide bonds. The van der Waals surface area contributed by atoms with Gasteiger partial charge in [0.2, 0.25) is 15.9 Å². The number of hydrogen-bond donors (Lipinski definition) is 1. The van der Waals surface area contributed by atoms with Crippen molar-refractivity contribution in [1.29, 1.82) is 0 Å². The first-order chi connectivity index (χ1) is 27.3. The second kappa shape index (κ2) is 17.6. The van der Waals surface area contributed by atoms with Crippen LogP contribution in [0, 0.1) is 17.8 Å². The monoisotopic (exact) mass is 823 g/mol. The molecular weight excluding hydrogens is 762 g/mol. The largest absolute Gasteiger partial charge is 0.491 e. The smallest absolute Gasteiger partial charge is 0.264 e. The lowest BCUT2D eigenvalue weighted by Crippen LogP contribution is -2.65. The lowest BCUT2D eigenvalue weighted by Gasteiger charge is -2.53. The van der Waals surface area contributed by atoms with E-state index in [1.165, 1.54) is 11.1 Å². The van der Waals surface area contributed by atoms with Crippen LogP contribution in [0.3, 0.4) is 0 Å². The van der Waals surface area contributed by atoms with Gasteiger partial charge in [0.05, 0.1) is 17.5 Å². The Hall–Kier alpha value is -3.16. The van der Waals surface area contributed by atoms with Crippen LogP contribution in [-0.4, -0.2) is 124 Å². The molecule has 3 fully saturated rings. The van der Waals surface area contributed by atoms with Gasteiger partial charge in [-0.25, -0.2) is 13.1 Å². The van der Waals surface area contributed by atoms with E-state index in [9.17, 15) is 18.0 Å². The van der Waals surface area contributed by atoms with Gasteiger partial charge >= 0.3 is 0 Å². The first-order valence-corrected chi connectivity index (χ1v) is 23.0. The molecule has 4 aliphatic heterocycles. The first kappa shape index (κ1) is 42.0. The van der Waals surface area contributed by atoms with Crippen molar-refractivity contribution in [2.24, 2.45) is 17.8 Å². The Bertz CT molecular complexity index is 1930. The van der Waals surface area contributed by atoms with Gasteiger partial charge in [-0.15, -0.1) is 0 Å². The van der Waals surface area contributed by atoms with Crippen LogP contribution in [0.15, 0.2) is 48.6 Å². The Morgan fingerprint density at radius 1 is 1.04 bits per heavy atom. The van der Waals surface area contributed by atoms with Crippen LogP contribution in [0.5, 0.6) is 5.75 Å². The van der Waals surface area contributed by atoms with Crippen molar-refractivity contribution in [2.45, 2.75) is 89.0 Å². The molecule has 7 atom stereocenters. The molecule has 5 aliphatic rings. The molecule has 2 aromatic carbocycles. The average Bonchev–Trinajstić information content (AvgIpc) is 3.36. The number of methoxy groups -OCH3 is 1. The number of ether oxygens (including phenoxy) is 2. The van der Waals surface area contributed by atoms with Gasteiger partial charge in [-0.1, -0.05) is 50.1 Å². The number of unbranched alkanes of at least 4 members (excludes halogenated alkanes) is 1. The standard InChI is InChI=1S/C44H62ClN5O6S/c1-6-7-10-33-22-37(45)13-14-39(33)36-25-50-24-35-11-15-40(35)44(55-5,29-47-18-19-48-20-21-49(32(4)51)27-38(48)26-47)17-8-9-30(2)31(3)57(53,54)46-43(52)34-12-16-42(56-28-36)41(50)23-34/h8,12-14,16-17,22-23,30-31,35-36,38,40H,6-7,9-11,15,18-21,24-29H2,1-5H3,(H,46,52)/b17-8+/t30-,31+,35-,36-,38+,40+,44+/m0/s1. The van der Waals surface area contributed by atoms with Crippen molar-refractivity contribution in [3.8, 4) is 5.75 Å². The molecule has 11 nitrogen and oxygen atoms in total. The summed E-state index contributed by atoms with van der Waals surface area (Å²) in [6.07, 6.45) is 9.99. The summed E-state index contributed by atoms with van der Waals surface area (Å²) in [6, 6.07) is 11.8. The molecule has 0 aromatic heterocycles. The second-order valence-corrected chi connectivity index (χ2v) is 19.8. The number of rotatable bonds is 7. The highest BCUT2D eigenvalue weighted by Gasteiger charge is 2.49. The number of anilines is 1. The molecule has 0 unspecified atom stereocenters. The average molecular weight is 825 g/mol. The third-order valence-corrected chi connectivity index (χ3v) is 15.9. The molecule has 312 valence electrons. The summed E-state index contributed by atoms with van der Waals surface area (Å²) in [7, 11) is -2.16. The maximum absolute atomic E-state index is 13.7. The van der Waals surface area contributed by atoms with Crippen LogP contribution >= 0.6 is 11.6 Å². The molecular formula is C44H62ClN5O6S. The molecule has 57 heavy (non-hydrogen) atoms. The normalized spacial score (nSPS) is 31.5. The van der Waals surface area contributed by atoms with Gasteiger partial charge in [-0.05, 0) is 98.2 Å². The van der Waals surface area contributed by atoms with Crippen LogP contribution in [0.2, 0.25) is 5.02 Å². The van der Waals surface area contributed by atoms with Gasteiger partial charge in [-0.2, -0.15) is 0 Å². The van der Waals surface area contributed by atoms with Gasteiger partial charge in [0.25, 0.3) is 5.91 Å². The summed E-state index contributed by atoms with van der Waals surface area (Å²) in [5.74, 6) is 0.459. The van der Waals surface area contributed by atoms with Gasteiger partial charge in [-0.3, -0.25) is 19.4 Å². The van der Waals surface area contributed by atoms with Crippen molar-refractivity contribution < 1.29 is 27.5 Å². The number of fused-ring (bicyclic) bond motifs is 3. The van der Waals surface area contributed by atoms with E-state index in [1.807, 2.05) is 37.1 Å². The first-order valence-electron chi connectivity index (χ1n) is 21.1. The predicted molar refractivity (Wildman–Crippen MR) is 226 cm³/mol. The highest BCUT2D eigenvalue weighted by Crippen LogP contribution is 2.47. The Morgan fingerprint density at radius 2 is 1.84 bits per heavy atom. The second-order valence-electron chi connectivity index (χ2n) is 17.3. The fraction of sp³-hybridized carbons (Fsp3) is 0.636. The molecule has 2 saturated heterocycles. The van der Waals surface area contributed by atoms with Gasteiger partial charge in [0.1, 0.15) is 11.4 Å². The molecule has 1 saturated carbocycles.